The third-order valence-electron chi connectivity index (χ3n) is 3.50. The monoisotopic (exact) mass is 322 g/mol. The van der Waals surface area contributed by atoms with Crippen molar-refractivity contribution in [2.75, 3.05) is 5.01 Å². The average Bonchev–Trinajstić information content (AvgIpc) is 2.88. The van der Waals surface area contributed by atoms with Gasteiger partial charge in [0.15, 0.2) is 6.04 Å². The van der Waals surface area contributed by atoms with Gasteiger partial charge >= 0.3 is 5.97 Å². The summed E-state index contributed by atoms with van der Waals surface area (Å²) in [6, 6.07) is 14.4. The quantitative estimate of drug-likeness (QED) is 0.875. The normalized spacial score (nSPS) is 17.4. The summed E-state index contributed by atoms with van der Waals surface area (Å²) in [5.74, 6) is -1.55. The fourth-order valence-electron chi connectivity index (χ4n) is 2.32. The molecule has 0 fully saturated rings. The zero-order chi connectivity index (χ0) is 17.1. The summed E-state index contributed by atoms with van der Waals surface area (Å²) in [5.41, 5.74) is 1.30. The van der Waals surface area contributed by atoms with Crippen molar-refractivity contribution in [2.24, 2.45) is 15.3 Å². The Kier molecular flexibility index (Phi) is 4.15. The van der Waals surface area contributed by atoms with Crippen molar-refractivity contribution >= 4 is 29.0 Å². The van der Waals surface area contributed by atoms with Gasteiger partial charge in [0.25, 0.3) is 5.91 Å². The number of hydrogen-bond donors (Lipinski definition) is 1. The van der Waals surface area contributed by atoms with Crippen LogP contribution >= 0.6 is 0 Å². The second-order valence-electron chi connectivity index (χ2n) is 5.17. The molecule has 2 aromatic rings. The SMILES string of the molecule is CC1=NN(c2ccccc2C(=O)O)C(=O)[C@H]1N=Nc1ccccc1. The number of hydrazone groups is 1. The van der Waals surface area contributed by atoms with Crippen molar-refractivity contribution in [3.05, 3.63) is 60.2 Å². The summed E-state index contributed by atoms with van der Waals surface area (Å²) < 4.78 is 0. The molecule has 2 aromatic carbocycles. The van der Waals surface area contributed by atoms with E-state index in [1.165, 1.54) is 12.1 Å². The number of carbonyl (C=O) groups excluding carboxylic acids is 1. The van der Waals surface area contributed by atoms with Crippen molar-refractivity contribution < 1.29 is 14.7 Å². The highest BCUT2D eigenvalue weighted by Crippen LogP contribution is 2.26. The molecule has 0 unspecified atom stereocenters. The molecule has 1 amide bonds. The second kappa shape index (κ2) is 6.41. The number of aromatic carboxylic acids is 1. The maximum Gasteiger partial charge on any atom is 0.337 e. The zero-order valence-corrected chi connectivity index (χ0v) is 12.8. The van der Waals surface area contributed by atoms with Gasteiger partial charge in [-0.25, -0.2) is 4.79 Å². The molecular formula is C17H14N4O3. The third kappa shape index (κ3) is 2.91. The average molecular weight is 322 g/mol. The molecule has 1 N–H and O–H groups in total. The minimum atomic E-state index is -1.12. The van der Waals surface area contributed by atoms with E-state index in [4.69, 9.17) is 0 Å². The van der Waals surface area contributed by atoms with Crippen LogP contribution in [0.1, 0.15) is 17.3 Å². The first-order valence-corrected chi connectivity index (χ1v) is 7.25. The minimum Gasteiger partial charge on any atom is -0.478 e. The van der Waals surface area contributed by atoms with Gasteiger partial charge in [0.1, 0.15) is 0 Å². The molecule has 7 heteroatoms. The van der Waals surface area contributed by atoms with Crippen molar-refractivity contribution in [3.8, 4) is 0 Å². The Morgan fingerprint density at radius 1 is 1.12 bits per heavy atom. The summed E-state index contributed by atoms with van der Waals surface area (Å²) in [5, 5.41) is 22.6. The number of amides is 1. The Morgan fingerprint density at radius 2 is 1.79 bits per heavy atom. The first-order valence-electron chi connectivity index (χ1n) is 7.25. The van der Waals surface area contributed by atoms with Crippen molar-refractivity contribution in [1.82, 2.24) is 0 Å². The summed E-state index contributed by atoms with van der Waals surface area (Å²) in [6.45, 7) is 1.66. The Bertz CT molecular complexity index is 846. The van der Waals surface area contributed by atoms with E-state index >= 15 is 0 Å². The lowest BCUT2D eigenvalue weighted by Crippen LogP contribution is -2.30. The van der Waals surface area contributed by atoms with Gasteiger partial charge in [-0.1, -0.05) is 30.3 Å². The summed E-state index contributed by atoms with van der Waals surface area (Å²) in [6.07, 6.45) is 0. The third-order valence-corrected chi connectivity index (χ3v) is 3.50. The van der Waals surface area contributed by atoms with E-state index in [2.05, 4.69) is 15.3 Å². The number of azo groups is 1. The summed E-state index contributed by atoms with van der Waals surface area (Å²) in [4.78, 5) is 23.9. The highest BCUT2D eigenvalue weighted by atomic mass is 16.4. The van der Waals surface area contributed by atoms with Crippen LogP contribution in [0.5, 0.6) is 0 Å². The fraction of sp³-hybridized carbons (Fsp3) is 0.118. The van der Waals surface area contributed by atoms with E-state index in [-0.39, 0.29) is 11.3 Å². The van der Waals surface area contributed by atoms with Gasteiger partial charge in [-0.15, -0.1) is 0 Å². The number of anilines is 1. The van der Waals surface area contributed by atoms with E-state index in [9.17, 15) is 14.7 Å². The Hall–Kier alpha value is -3.35. The number of para-hydroxylation sites is 1. The van der Waals surface area contributed by atoms with E-state index in [0.717, 1.165) is 5.01 Å². The Balaban J connectivity index is 1.89. The van der Waals surface area contributed by atoms with E-state index in [0.29, 0.717) is 11.4 Å². The van der Waals surface area contributed by atoms with Crippen LogP contribution in [0.25, 0.3) is 0 Å². The van der Waals surface area contributed by atoms with Gasteiger partial charge in [0, 0.05) is 0 Å². The zero-order valence-electron chi connectivity index (χ0n) is 12.8. The Labute approximate surface area is 137 Å². The van der Waals surface area contributed by atoms with Crippen LogP contribution in [-0.2, 0) is 4.79 Å². The van der Waals surface area contributed by atoms with Gasteiger partial charge in [-0.05, 0) is 31.2 Å². The number of nitrogens with zero attached hydrogens (tertiary/aromatic N) is 4. The molecule has 0 bridgehead atoms. The fourth-order valence-corrected chi connectivity index (χ4v) is 2.32. The lowest BCUT2D eigenvalue weighted by atomic mass is 10.1. The van der Waals surface area contributed by atoms with E-state index < -0.39 is 17.9 Å². The first kappa shape index (κ1) is 15.5. The summed E-state index contributed by atoms with van der Waals surface area (Å²) >= 11 is 0. The molecular weight excluding hydrogens is 308 g/mol. The van der Waals surface area contributed by atoms with Crippen molar-refractivity contribution in [1.29, 1.82) is 0 Å². The van der Waals surface area contributed by atoms with Crippen molar-refractivity contribution in [3.63, 3.8) is 0 Å². The smallest absolute Gasteiger partial charge is 0.337 e. The maximum atomic E-state index is 12.6. The van der Waals surface area contributed by atoms with Crippen molar-refractivity contribution in [2.45, 2.75) is 13.0 Å². The predicted octanol–water partition coefficient (Wildman–Crippen LogP) is 3.26. The largest absolute Gasteiger partial charge is 0.478 e. The van der Waals surface area contributed by atoms with Gasteiger partial charge in [0.2, 0.25) is 0 Å². The molecule has 24 heavy (non-hydrogen) atoms. The maximum absolute atomic E-state index is 12.6. The molecule has 7 nitrogen and oxygen atoms in total. The molecule has 120 valence electrons. The molecule has 0 radical (unpaired) electrons. The van der Waals surface area contributed by atoms with Crippen LogP contribution in [0, 0.1) is 0 Å². The van der Waals surface area contributed by atoms with E-state index in [1.807, 2.05) is 18.2 Å². The topological polar surface area (TPSA) is 94.7 Å². The molecule has 3 rings (SSSR count). The van der Waals surface area contributed by atoms with Gasteiger partial charge in [-0.3, -0.25) is 4.79 Å². The second-order valence-corrected chi connectivity index (χ2v) is 5.17. The van der Waals surface area contributed by atoms with Crippen LogP contribution in [0.2, 0.25) is 0 Å². The standard InChI is InChI=1S/C17H14N4O3/c1-11-15(19-18-12-7-3-2-4-8-12)16(22)21(20-11)14-10-6-5-9-13(14)17(23)24/h2-10,15H,1H3,(H,23,24)/t15-/m0/s1. The van der Waals surface area contributed by atoms with Crippen LogP contribution in [-0.4, -0.2) is 28.7 Å². The predicted molar refractivity (Wildman–Crippen MR) is 88.7 cm³/mol. The highest BCUT2D eigenvalue weighted by molar-refractivity contribution is 6.19. The Morgan fingerprint density at radius 3 is 2.50 bits per heavy atom. The molecule has 0 saturated heterocycles. The number of hydrogen-bond acceptors (Lipinski definition) is 5. The minimum absolute atomic E-state index is 0.00282. The van der Waals surface area contributed by atoms with Crippen LogP contribution in [0.15, 0.2) is 69.9 Å². The first-order chi connectivity index (χ1) is 11.6. The lowest BCUT2D eigenvalue weighted by molar-refractivity contribution is -0.117. The molecule has 1 aliphatic heterocycles. The molecule has 0 saturated carbocycles. The van der Waals surface area contributed by atoms with Crippen LogP contribution in [0.4, 0.5) is 11.4 Å². The molecule has 0 aliphatic carbocycles. The number of carboxylic acids is 1. The van der Waals surface area contributed by atoms with Gasteiger partial charge in [-0.2, -0.15) is 20.3 Å². The van der Waals surface area contributed by atoms with Gasteiger partial charge in [0.05, 0.1) is 22.6 Å². The number of carboxylic acid groups (broad SMARTS) is 1. The van der Waals surface area contributed by atoms with Gasteiger partial charge < -0.3 is 5.11 Å². The lowest BCUT2D eigenvalue weighted by Gasteiger charge is -2.14. The van der Waals surface area contributed by atoms with E-state index in [1.54, 1.807) is 31.2 Å². The van der Waals surface area contributed by atoms with Crippen LogP contribution < -0.4 is 5.01 Å². The molecule has 1 atom stereocenters. The molecule has 0 aromatic heterocycles. The molecule has 1 aliphatic rings. The number of benzene rings is 2. The summed E-state index contributed by atoms with van der Waals surface area (Å²) in [7, 11) is 0. The molecule has 1 heterocycles. The number of carbonyl (C=O) groups is 2. The molecule has 0 spiro atoms. The number of rotatable bonds is 4. The van der Waals surface area contributed by atoms with Crippen LogP contribution in [0.3, 0.4) is 0 Å². The highest BCUT2D eigenvalue weighted by Gasteiger charge is 2.36.